The minimum absolute atomic E-state index is 0.260. The van der Waals surface area contributed by atoms with Crippen LogP contribution in [0.2, 0.25) is 0 Å². The number of hydrogen-bond donors (Lipinski definition) is 1. The molecule has 1 rings (SSSR count). The van der Waals surface area contributed by atoms with E-state index in [4.69, 9.17) is 4.74 Å². The van der Waals surface area contributed by atoms with E-state index >= 15 is 0 Å². The van der Waals surface area contributed by atoms with Gasteiger partial charge in [-0.05, 0) is 13.8 Å². The van der Waals surface area contributed by atoms with Crippen molar-refractivity contribution in [2.75, 3.05) is 6.61 Å². The first-order chi connectivity index (χ1) is 6.07. The third-order valence-corrected chi connectivity index (χ3v) is 1.78. The summed E-state index contributed by atoms with van der Waals surface area (Å²) in [5.41, 5.74) is -0.366. The third kappa shape index (κ3) is 1.63. The molecule has 1 aromatic rings. The molecule has 1 heterocycles. The van der Waals surface area contributed by atoms with Crippen LogP contribution in [0.1, 0.15) is 12.5 Å². The standard InChI is InChI=1S/C8H12N2O3/c1-4-13-6-5(2)7(11)10(3)8(12)9-6/h4H2,1-3H3,(H,9,12). The zero-order valence-corrected chi connectivity index (χ0v) is 7.88. The predicted molar refractivity (Wildman–Crippen MR) is 48.2 cm³/mol. The summed E-state index contributed by atoms with van der Waals surface area (Å²) in [6.45, 7) is 3.82. The Morgan fingerprint density at radius 2 is 2.08 bits per heavy atom. The Morgan fingerprint density at radius 3 is 2.62 bits per heavy atom. The van der Waals surface area contributed by atoms with Crippen LogP contribution in [0.5, 0.6) is 5.88 Å². The summed E-state index contributed by atoms with van der Waals surface area (Å²) in [6, 6.07) is 0. The van der Waals surface area contributed by atoms with Crippen molar-refractivity contribution >= 4 is 0 Å². The molecule has 0 aromatic carbocycles. The quantitative estimate of drug-likeness (QED) is 0.691. The van der Waals surface area contributed by atoms with Gasteiger partial charge in [-0.15, -0.1) is 0 Å². The van der Waals surface area contributed by atoms with Crippen LogP contribution in [-0.4, -0.2) is 16.2 Å². The number of nitrogens with one attached hydrogen (secondary N) is 1. The van der Waals surface area contributed by atoms with Gasteiger partial charge in [-0.1, -0.05) is 0 Å². The molecule has 1 N–H and O–H groups in total. The average Bonchev–Trinajstić information content (AvgIpc) is 2.11. The minimum atomic E-state index is -0.459. The maximum Gasteiger partial charge on any atom is 0.330 e. The zero-order valence-electron chi connectivity index (χ0n) is 7.88. The predicted octanol–water partition coefficient (Wildman–Crippen LogP) is -0.219. The number of hydrogen-bond acceptors (Lipinski definition) is 3. The van der Waals surface area contributed by atoms with Crippen molar-refractivity contribution in [2.24, 2.45) is 7.05 Å². The summed E-state index contributed by atoms with van der Waals surface area (Å²) in [5, 5.41) is 0. The first-order valence-electron chi connectivity index (χ1n) is 4.00. The Bertz CT molecular complexity index is 416. The van der Waals surface area contributed by atoms with Crippen LogP contribution in [0.4, 0.5) is 0 Å². The smallest absolute Gasteiger partial charge is 0.330 e. The minimum Gasteiger partial charge on any atom is -0.479 e. The van der Waals surface area contributed by atoms with E-state index in [0.29, 0.717) is 12.2 Å². The fourth-order valence-electron chi connectivity index (χ4n) is 1.00. The summed E-state index contributed by atoms with van der Waals surface area (Å²) in [4.78, 5) is 24.9. The topological polar surface area (TPSA) is 64.1 Å². The van der Waals surface area contributed by atoms with Gasteiger partial charge in [-0.2, -0.15) is 0 Å². The molecule has 0 fully saturated rings. The number of ether oxygens (including phenoxy) is 1. The van der Waals surface area contributed by atoms with E-state index in [9.17, 15) is 9.59 Å². The normalized spacial score (nSPS) is 10.1. The second-order valence-electron chi connectivity index (χ2n) is 2.68. The number of H-pyrrole nitrogens is 1. The van der Waals surface area contributed by atoms with E-state index in [1.165, 1.54) is 7.05 Å². The van der Waals surface area contributed by atoms with E-state index in [-0.39, 0.29) is 11.4 Å². The van der Waals surface area contributed by atoms with Gasteiger partial charge < -0.3 is 4.74 Å². The number of rotatable bonds is 2. The first-order valence-corrected chi connectivity index (χ1v) is 4.00. The second kappa shape index (κ2) is 3.47. The van der Waals surface area contributed by atoms with Gasteiger partial charge >= 0.3 is 5.69 Å². The fourth-order valence-corrected chi connectivity index (χ4v) is 1.00. The van der Waals surface area contributed by atoms with Crippen LogP contribution in [-0.2, 0) is 7.05 Å². The molecule has 0 saturated heterocycles. The van der Waals surface area contributed by atoms with E-state index < -0.39 is 5.69 Å². The highest BCUT2D eigenvalue weighted by molar-refractivity contribution is 5.20. The Kier molecular flexibility index (Phi) is 2.55. The highest BCUT2D eigenvalue weighted by atomic mass is 16.5. The number of aromatic amines is 1. The molecule has 13 heavy (non-hydrogen) atoms. The molecule has 0 aliphatic carbocycles. The van der Waals surface area contributed by atoms with Gasteiger partial charge in [0.15, 0.2) is 0 Å². The van der Waals surface area contributed by atoms with Crippen LogP contribution in [0.15, 0.2) is 9.59 Å². The molecule has 0 saturated carbocycles. The zero-order chi connectivity index (χ0) is 10.0. The van der Waals surface area contributed by atoms with E-state index in [2.05, 4.69) is 4.98 Å². The van der Waals surface area contributed by atoms with Crippen molar-refractivity contribution in [3.63, 3.8) is 0 Å². The van der Waals surface area contributed by atoms with Gasteiger partial charge in [0.05, 0.1) is 12.2 Å². The molecule has 0 aliphatic heterocycles. The summed E-state index contributed by atoms with van der Waals surface area (Å²) in [7, 11) is 1.42. The lowest BCUT2D eigenvalue weighted by atomic mass is 10.3. The molecule has 0 unspecified atom stereocenters. The van der Waals surface area contributed by atoms with Crippen molar-refractivity contribution in [1.82, 2.24) is 9.55 Å². The molecule has 0 radical (unpaired) electrons. The van der Waals surface area contributed by atoms with Gasteiger partial charge in [0, 0.05) is 7.05 Å². The fraction of sp³-hybridized carbons (Fsp3) is 0.500. The van der Waals surface area contributed by atoms with Crippen molar-refractivity contribution in [2.45, 2.75) is 13.8 Å². The lowest BCUT2D eigenvalue weighted by molar-refractivity contribution is 0.320. The van der Waals surface area contributed by atoms with Gasteiger partial charge in [-0.25, -0.2) is 4.79 Å². The monoisotopic (exact) mass is 184 g/mol. The van der Waals surface area contributed by atoms with Gasteiger partial charge in [0.25, 0.3) is 5.56 Å². The van der Waals surface area contributed by atoms with Gasteiger partial charge in [0.1, 0.15) is 0 Å². The lowest BCUT2D eigenvalue weighted by Crippen LogP contribution is -2.34. The molecule has 1 aromatic heterocycles. The molecule has 5 nitrogen and oxygen atoms in total. The van der Waals surface area contributed by atoms with Gasteiger partial charge in [0.2, 0.25) is 5.88 Å². The SMILES string of the molecule is CCOc1[nH]c(=O)n(C)c(=O)c1C. The van der Waals surface area contributed by atoms with E-state index in [0.717, 1.165) is 4.57 Å². The van der Waals surface area contributed by atoms with Crippen molar-refractivity contribution in [3.05, 3.63) is 26.4 Å². The molecular formula is C8H12N2O3. The Balaban J connectivity index is 3.41. The molecule has 5 heteroatoms. The molecule has 72 valence electrons. The van der Waals surface area contributed by atoms with Crippen LogP contribution in [0.25, 0.3) is 0 Å². The third-order valence-electron chi connectivity index (χ3n) is 1.78. The molecule has 0 amide bonds. The largest absolute Gasteiger partial charge is 0.479 e. The summed E-state index contributed by atoms with van der Waals surface area (Å²) in [5.74, 6) is 0.260. The molecule has 0 bridgehead atoms. The average molecular weight is 184 g/mol. The molecule has 0 spiro atoms. The van der Waals surface area contributed by atoms with Crippen molar-refractivity contribution in [1.29, 1.82) is 0 Å². The first kappa shape index (κ1) is 9.57. The van der Waals surface area contributed by atoms with Crippen LogP contribution in [0, 0.1) is 6.92 Å². The molecule has 0 aliphatic rings. The van der Waals surface area contributed by atoms with E-state index in [1.807, 2.05) is 0 Å². The molecular weight excluding hydrogens is 172 g/mol. The Morgan fingerprint density at radius 1 is 1.46 bits per heavy atom. The number of nitrogens with zero attached hydrogens (tertiary/aromatic N) is 1. The van der Waals surface area contributed by atoms with Crippen molar-refractivity contribution in [3.8, 4) is 5.88 Å². The number of aromatic nitrogens is 2. The Labute approximate surface area is 75.0 Å². The summed E-state index contributed by atoms with van der Waals surface area (Å²) >= 11 is 0. The van der Waals surface area contributed by atoms with Crippen LogP contribution < -0.4 is 16.0 Å². The highest BCUT2D eigenvalue weighted by Crippen LogP contribution is 2.05. The van der Waals surface area contributed by atoms with Gasteiger partial charge in [-0.3, -0.25) is 14.3 Å². The van der Waals surface area contributed by atoms with Crippen LogP contribution >= 0.6 is 0 Å². The highest BCUT2D eigenvalue weighted by Gasteiger charge is 2.07. The van der Waals surface area contributed by atoms with E-state index in [1.54, 1.807) is 13.8 Å². The van der Waals surface area contributed by atoms with Crippen molar-refractivity contribution < 1.29 is 4.74 Å². The maximum atomic E-state index is 11.3. The second-order valence-corrected chi connectivity index (χ2v) is 2.68. The van der Waals surface area contributed by atoms with Crippen LogP contribution in [0.3, 0.4) is 0 Å². The summed E-state index contributed by atoms with van der Waals surface area (Å²) < 4.78 is 6.10. The Hall–Kier alpha value is -1.52. The maximum absolute atomic E-state index is 11.3. The summed E-state index contributed by atoms with van der Waals surface area (Å²) in [6.07, 6.45) is 0. The lowest BCUT2D eigenvalue weighted by Gasteiger charge is -2.06. The molecule has 0 atom stereocenters.